The van der Waals surface area contributed by atoms with Crippen molar-refractivity contribution in [2.75, 3.05) is 31.9 Å². The summed E-state index contributed by atoms with van der Waals surface area (Å²) in [5, 5.41) is 0. The first-order chi connectivity index (χ1) is 10.4. The zero-order valence-electron chi connectivity index (χ0n) is 14.5. The maximum Gasteiger partial charge on any atom is 0.246 e. The maximum atomic E-state index is 12.4. The fourth-order valence-corrected chi connectivity index (χ4v) is 4.28. The molecule has 1 amide bonds. The number of carbonyl (C=O) groups is 1. The Balaban J connectivity index is 1.94. The van der Waals surface area contributed by atoms with Crippen molar-refractivity contribution in [2.45, 2.75) is 47.0 Å². The van der Waals surface area contributed by atoms with Gasteiger partial charge in [-0.3, -0.25) is 4.79 Å². The second kappa shape index (κ2) is 7.69. The van der Waals surface area contributed by atoms with Crippen LogP contribution in [0.2, 0.25) is 0 Å². The highest BCUT2D eigenvalue weighted by Gasteiger charge is 2.27. The molecule has 3 nitrogen and oxygen atoms in total. The lowest BCUT2D eigenvalue weighted by Gasteiger charge is -2.34. The van der Waals surface area contributed by atoms with Crippen LogP contribution in [0, 0.1) is 5.41 Å². The van der Waals surface area contributed by atoms with E-state index in [2.05, 4.69) is 38.1 Å². The van der Waals surface area contributed by atoms with Crippen molar-refractivity contribution in [1.29, 1.82) is 0 Å². The van der Waals surface area contributed by atoms with Crippen LogP contribution in [0.1, 0.15) is 47.0 Å². The number of carbonyl (C=O) groups excluding carboxylic acids is 1. The number of allylic oxidation sites excluding steroid dienone is 3. The molecule has 1 aliphatic carbocycles. The first-order valence-electron chi connectivity index (χ1n) is 8.49. The molecular weight excluding hydrogens is 292 g/mol. The minimum atomic E-state index is 0.169. The number of hydrogen-bond donors (Lipinski definition) is 0. The Morgan fingerprint density at radius 1 is 1.27 bits per heavy atom. The molecule has 2 rings (SSSR count). The first kappa shape index (κ1) is 17.6. The number of piperazine rings is 1. The third-order valence-corrected chi connectivity index (χ3v) is 5.79. The van der Waals surface area contributed by atoms with E-state index in [0.717, 1.165) is 31.9 Å². The maximum absolute atomic E-state index is 12.4. The Morgan fingerprint density at radius 3 is 2.55 bits per heavy atom. The van der Waals surface area contributed by atoms with E-state index in [0.29, 0.717) is 0 Å². The summed E-state index contributed by atoms with van der Waals surface area (Å²) < 4.78 is 2.37. The molecule has 0 unspecified atom stereocenters. The van der Waals surface area contributed by atoms with E-state index >= 15 is 0 Å². The van der Waals surface area contributed by atoms with Crippen LogP contribution >= 0.6 is 11.9 Å². The lowest BCUT2D eigenvalue weighted by atomic mass is 9.72. The molecule has 0 aromatic heterocycles. The highest BCUT2D eigenvalue weighted by molar-refractivity contribution is 7.96. The number of nitrogens with zero attached hydrogens (tertiary/aromatic N) is 2. The van der Waals surface area contributed by atoms with E-state index in [1.165, 1.54) is 30.4 Å². The van der Waals surface area contributed by atoms with Gasteiger partial charge in [-0.2, -0.15) is 0 Å². The van der Waals surface area contributed by atoms with Crippen LogP contribution in [-0.2, 0) is 4.79 Å². The normalized spacial score (nSPS) is 23.4. The topological polar surface area (TPSA) is 23.6 Å². The smallest absolute Gasteiger partial charge is 0.246 e. The van der Waals surface area contributed by atoms with Crippen molar-refractivity contribution < 1.29 is 4.79 Å². The largest absolute Gasteiger partial charge is 0.337 e. The molecule has 4 heteroatoms. The summed E-state index contributed by atoms with van der Waals surface area (Å²) >= 11 is 1.87. The van der Waals surface area contributed by atoms with Gasteiger partial charge < -0.3 is 4.90 Å². The Hall–Kier alpha value is -0.740. The Morgan fingerprint density at radius 2 is 1.95 bits per heavy atom. The van der Waals surface area contributed by atoms with Gasteiger partial charge >= 0.3 is 0 Å². The summed E-state index contributed by atoms with van der Waals surface area (Å²) in [6.07, 6.45) is 7.54. The zero-order valence-corrected chi connectivity index (χ0v) is 15.3. The standard InChI is InChI=1S/C18H30N2OS/c1-5-22-20-13-11-19(12-14-20)17(21)9-8-16-15(2)7-6-10-18(16,3)4/h8-9H,5-7,10-14H2,1-4H3/b9-8+. The summed E-state index contributed by atoms with van der Waals surface area (Å²) in [6, 6.07) is 0. The minimum Gasteiger partial charge on any atom is -0.337 e. The van der Waals surface area contributed by atoms with Gasteiger partial charge in [0.25, 0.3) is 0 Å². The highest BCUT2D eigenvalue weighted by Crippen LogP contribution is 2.40. The van der Waals surface area contributed by atoms with Gasteiger partial charge in [0, 0.05) is 38.0 Å². The molecule has 0 spiro atoms. The molecule has 1 fully saturated rings. The molecule has 1 saturated heterocycles. The Kier molecular flexibility index (Phi) is 6.16. The number of rotatable bonds is 4. The van der Waals surface area contributed by atoms with Crippen LogP contribution in [-0.4, -0.2) is 47.0 Å². The summed E-state index contributed by atoms with van der Waals surface area (Å²) in [5.74, 6) is 1.28. The highest BCUT2D eigenvalue weighted by atomic mass is 32.2. The van der Waals surface area contributed by atoms with Crippen LogP contribution in [0.4, 0.5) is 0 Å². The van der Waals surface area contributed by atoms with E-state index in [1.54, 1.807) is 6.08 Å². The lowest BCUT2D eigenvalue weighted by Crippen LogP contribution is -2.45. The second-order valence-electron chi connectivity index (χ2n) is 6.94. The van der Waals surface area contributed by atoms with Gasteiger partial charge in [0.1, 0.15) is 0 Å². The van der Waals surface area contributed by atoms with E-state index < -0.39 is 0 Å². The molecule has 1 heterocycles. The SMILES string of the molecule is CCSN1CCN(C(=O)/C=C/C2=C(C)CCCC2(C)C)CC1. The van der Waals surface area contributed by atoms with Gasteiger partial charge in [-0.25, -0.2) is 4.31 Å². The molecule has 0 bridgehead atoms. The van der Waals surface area contributed by atoms with Gasteiger partial charge in [-0.05, 0) is 37.2 Å². The van der Waals surface area contributed by atoms with Crippen molar-refractivity contribution in [3.05, 3.63) is 23.3 Å². The average Bonchev–Trinajstić information content (AvgIpc) is 2.47. The molecule has 1 aliphatic heterocycles. The Labute approximate surface area is 139 Å². The van der Waals surface area contributed by atoms with Crippen LogP contribution in [0.3, 0.4) is 0 Å². The van der Waals surface area contributed by atoms with Crippen LogP contribution in [0.25, 0.3) is 0 Å². The molecule has 0 saturated carbocycles. The third kappa shape index (κ3) is 4.39. The summed E-state index contributed by atoms with van der Waals surface area (Å²) in [5.41, 5.74) is 3.02. The van der Waals surface area contributed by atoms with Gasteiger partial charge in [-0.1, -0.05) is 44.4 Å². The fourth-order valence-electron chi connectivity index (χ4n) is 3.49. The van der Waals surface area contributed by atoms with Crippen LogP contribution in [0.5, 0.6) is 0 Å². The second-order valence-corrected chi connectivity index (χ2v) is 8.29. The monoisotopic (exact) mass is 322 g/mol. The van der Waals surface area contributed by atoms with E-state index in [4.69, 9.17) is 0 Å². The quantitative estimate of drug-likeness (QED) is 0.580. The zero-order chi connectivity index (χ0) is 16.2. The first-order valence-corrected chi connectivity index (χ1v) is 9.43. The van der Waals surface area contributed by atoms with E-state index in [-0.39, 0.29) is 11.3 Å². The number of amides is 1. The van der Waals surface area contributed by atoms with Crippen molar-refractivity contribution in [3.63, 3.8) is 0 Å². The van der Waals surface area contributed by atoms with Crippen LogP contribution in [0.15, 0.2) is 23.3 Å². The molecule has 22 heavy (non-hydrogen) atoms. The summed E-state index contributed by atoms with van der Waals surface area (Å²) in [7, 11) is 0. The van der Waals surface area contributed by atoms with Gasteiger partial charge in [0.05, 0.1) is 0 Å². The fraction of sp³-hybridized carbons (Fsp3) is 0.722. The van der Waals surface area contributed by atoms with E-state index in [1.807, 2.05) is 16.8 Å². The van der Waals surface area contributed by atoms with Crippen molar-refractivity contribution in [2.24, 2.45) is 5.41 Å². The van der Waals surface area contributed by atoms with Crippen molar-refractivity contribution in [1.82, 2.24) is 9.21 Å². The predicted molar refractivity (Wildman–Crippen MR) is 95.8 cm³/mol. The van der Waals surface area contributed by atoms with Gasteiger partial charge in [0.2, 0.25) is 5.91 Å². The summed E-state index contributed by atoms with van der Waals surface area (Å²) in [6.45, 7) is 12.6. The predicted octanol–water partition coefficient (Wildman–Crippen LogP) is 3.88. The molecule has 0 N–H and O–H groups in total. The molecule has 0 radical (unpaired) electrons. The van der Waals surface area contributed by atoms with E-state index in [9.17, 15) is 4.79 Å². The minimum absolute atomic E-state index is 0.169. The third-order valence-electron chi connectivity index (χ3n) is 4.80. The van der Waals surface area contributed by atoms with Crippen LogP contribution < -0.4 is 0 Å². The van der Waals surface area contributed by atoms with Crippen molar-refractivity contribution >= 4 is 17.9 Å². The van der Waals surface area contributed by atoms with Gasteiger partial charge in [-0.15, -0.1) is 0 Å². The molecule has 0 aromatic rings. The average molecular weight is 323 g/mol. The molecule has 0 aromatic carbocycles. The molecule has 2 aliphatic rings. The summed E-state index contributed by atoms with van der Waals surface area (Å²) in [4.78, 5) is 14.4. The molecular formula is C18H30N2OS. The Bertz CT molecular complexity index is 460. The van der Waals surface area contributed by atoms with Gasteiger partial charge in [0.15, 0.2) is 0 Å². The van der Waals surface area contributed by atoms with Crippen molar-refractivity contribution in [3.8, 4) is 0 Å². The lowest BCUT2D eigenvalue weighted by molar-refractivity contribution is -0.127. The molecule has 0 atom stereocenters. The molecule has 124 valence electrons. The number of hydrogen-bond acceptors (Lipinski definition) is 3.